The molecule has 0 amide bonds. The van der Waals surface area contributed by atoms with E-state index in [1.54, 1.807) is 6.08 Å². The summed E-state index contributed by atoms with van der Waals surface area (Å²) in [5.41, 5.74) is 5.39. The molecular formula is C7H13N3. The second-order valence-electron chi connectivity index (χ2n) is 1.70. The lowest BCUT2D eigenvalue weighted by molar-refractivity contribution is 0.920. The predicted octanol–water partition coefficient (Wildman–Crippen LogP) is 0.263. The number of hydrogen-bond acceptors (Lipinski definition) is 2. The standard InChI is InChI=1S/C7H13N3/c1-3-10-7(8)5-4-6-9-2/h3-5,9H,1,6H2,2H3,(H2,8,10)/b5-4-. The van der Waals surface area contributed by atoms with Gasteiger partial charge in [0.2, 0.25) is 0 Å². The quantitative estimate of drug-likeness (QED) is 0.433. The van der Waals surface area contributed by atoms with Gasteiger partial charge in [0.25, 0.3) is 0 Å². The van der Waals surface area contributed by atoms with E-state index >= 15 is 0 Å². The topological polar surface area (TPSA) is 50.4 Å². The first-order chi connectivity index (χ1) is 4.81. The van der Waals surface area contributed by atoms with Crippen LogP contribution in [-0.2, 0) is 0 Å². The molecule has 0 saturated heterocycles. The van der Waals surface area contributed by atoms with Crippen LogP contribution in [0.15, 0.2) is 29.9 Å². The fourth-order valence-corrected chi connectivity index (χ4v) is 0.446. The second-order valence-corrected chi connectivity index (χ2v) is 1.70. The molecule has 3 nitrogen and oxygen atoms in total. The molecule has 0 aliphatic carbocycles. The Labute approximate surface area is 61.3 Å². The van der Waals surface area contributed by atoms with Crippen molar-refractivity contribution in [2.75, 3.05) is 13.6 Å². The number of likely N-dealkylation sites (N-methyl/N-ethyl adjacent to an activating group) is 1. The van der Waals surface area contributed by atoms with E-state index in [-0.39, 0.29) is 0 Å². The van der Waals surface area contributed by atoms with E-state index in [0.717, 1.165) is 6.54 Å². The van der Waals surface area contributed by atoms with Crippen LogP contribution in [0.5, 0.6) is 0 Å². The maximum atomic E-state index is 5.39. The molecule has 0 heterocycles. The third kappa shape index (κ3) is 5.05. The van der Waals surface area contributed by atoms with Crippen molar-refractivity contribution in [3.63, 3.8) is 0 Å². The Morgan fingerprint density at radius 3 is 3.00 bits per heavy atom. The van der Waals surface area contributed by atoms with Gasteiger partial charge < -0.3 is 11.1 Å². The molecule has 0 spiro atoms. The predicted molar refractivity (Wildman–Crippen MR) is 44.9 cm³/mol. The molecule has 0 saturated carbocycles. The first-order valence-electron chi connectivity index (χ1n) is 3.06. The molecule has 3 N–H and O–H groups in total. The van der Waals surface area contributed by atoms with Crippen LogP contribution in [-0.4, -0.2) is 19.4 Å². The lowest BCUT2D eigenvalue weighted by Crippen LogP contribution is -2.09. The molecule has 0 aromatic carbocycles. The van der Waals surface area contributed by atoms with E-state index in [1.807, 2.05) is 13.1 Å². The SMILES string of the molecule is C=CN=C(N)/C=C\CNC. The van der Waals surface area contributed by atoms with Crippen LogP contribution in [0.1, 0.15) is 0 Å². The molecule has 3 heteroatoms. The molecule has 0 atom stereocenters. The van der Waals surface area contributed by atoms with Gasteiger partial charge in [-0.05, 0) is 13.1 Å². The first kappa shape index (κ1) is 8.91. The molecule has 0 rings (SSSR count). The lowest BCUT2D eigenvalue weighted by Gasteiger charge is -1.88. The fourth-order valence-electron chi connectivity index (χ4n) is 0.446. The average molecular weight is 139 g/mol. The summed E-state index contributed by atoms with van der Waals surface area (Å²) in [6.07, 6.45) is 5.04. The van der Waals surface area contributed by atoms with Crippen LogP contribution in [0.2, 0.25) is 0 Å². The van der Waals surface area contributed by atoms with E-state index in [0.29, 0.717) is 5.84 Å². The molecule has 56 valence electrons. The number of rotatable bonds is 4. The third-order valence-corrected chi connectivity index (χ3v) is 0.851. The summed E-state index contributed by atoms with van der Waals surface area (Å²) in [6.45, 7) is 4.21. The molecule has 0 radical (unpaired) electrons. The average Bonchev–Trinajstić information content (AvgIpc) is 1.89. The number of nitrogens with two attached hydrogens (primary N) is 1. The van der Waals surface area contributed by atoms with Gasteiger partial charge in [0, 0.05) is 12.7 Å². The van der Waals surface area contributed by atoms with E-state index in [1.165, 1.54) is 6.20 Å². The van der Waals surface area contributed by atoms with Gasteiger partial charge >= 0.3 is 0 Å². The highest BCUT2D eigenvalue weighted by Crippen LogP contribution is 1.74. The largest absolute Gasteiger partial charge is 0.384 e. The Hall–Kier alpha value is -1.09. The fraction of sp³-hybridized carbons (Fsp3) is 0.286. The summed E-state index contributed by atoms with van der Waals surface area (Å²) < 4.78 is 0. The number of nitrogens with one attached hydrogen (secondary N) is 1. The van der Waals surface area contributed by atoms with Crippen molar-refractivity contribution < 1.29 is 0 Å². The Bertz CT molecular complexity index is 147. The van der Waals surface area contributed by atoms with Crippen LogP contribution in [0.3, 0.4) is 0 Å². The van der Waals surface area contributed by atoms with Gasteiger partial charge in [0.1, 0.15) is 5.84 Å². The maximum Gasteiger partial charge on any atom is 0.122 e. The van der Waals surface area contributed by atoms with Crippen molar-refractivity contribution in [1.82, 2.24) is 5.32 Å². The van der Waals surface area contributed by atoms with Crippen LogP contribution in [0.25, 0.3) is 0 Å². The monoisotopic (exact) mass is 139 g/mol. The first-order valence-corrected chi connectivity index (χ1v) is 3.06. The Morgan fingerprint density at radius 1 is 1.80 bits per heavy atom. The smallest absolute Gasteiger partial charge is 0.122 e. The number of nitrogens with zero attached hydrogens (tertiary/aromatic N) is 1. The molecule has 0 aliphatic rings. The van der Waals surface area contributed by atoms with Gasteiger partial charge in [-0.3, -0.25) is 0 Å². The highest BCUT2D eigenvalue weighted by atomic mass is 14.8. The molecule has 0 unspecified atom stereocenters. The Morgan fingerprint density at radius 2 is 2.50 bits per heavy atom. The summed E-state index contributed by atoms with van der Waals surface area (Å²) in [7, 11) is 1.87. The normalized spacial score (nSPS) is 12.3. The molecular weight excluding hydrogens is 126 g/mol. The molecule has 10 heavy (non-hydrogen) atoms. The minimum absolute atomic E-state index is 0.477. The zero-order valence-corrected chi connectivity index (χ0v) is 6.17. The Kier molecular flexibility index (Phi) is 5.38. The molecule has 0 aliphatic heterocycles. The van der Waals surface area contributed by atoms with Crippen molar-refractivity contribution in [3.05, 3.63) is 24.9 Å². The van der Waals surface area contributed by atoms with Gasteiger partial charge in [0.05, 0.1) is 0 Å². The van der Waals surface area contributed by atoms with E-state index in [2.05, 4.69) is 16.9 Å². The minimum Gasteiger partial charge on any atom is -0.384 e. The second kappa shape index (κ2) is 6.04. The van der Waals surface area contributed by atoms with Crippen LogP contribution in [0, 0.1) is 0 Å². The molecule has 0 fully saturated rings. The zero-order valence-electron chi connectivity index (χ0n) is 6.17. The Balaban J connectivity index is 3.65. The van der Waals surface area contributed by atoms with E-state index in [4.69, 9.17) is 5.73 Å². The van der Waals surface area contributed by atoms with Gasteiger partial charge in [-0.2, -0.15) is 0 Å². The summed E-state index contributed by atoms with van der Waals surface area (Å²) in [6, 6.07) is 0. The van der Waals surface area contributed by atoms with Gasteiger partial charge in [-0.15, -0.1) is 0 Å². The van der Waals surface area contributed by atoms with Crippen molar-refractivity contribution in [3.8, 4) is 0 Å². The summed E-state index contributed by atoms with van der Waals surface area (Å²) >= 11 is 0. The summed E-state index contributed by atoms with van der Waals surface area (Å²) in [5, 5.41) is 2.94. The van der Waals surface area contributed by atoms with Gasteiger partial charge in [-0.1, -0.05) is 12.7 Å². The lowest BCUT2D eigenvalue weighted by atomic mass is 10.4. The van der Waals surface area contributed by atoms with Gasteiger partial charge in [0.15, 0.2) is 0 Å². The number of amidine groups is 1. The van der Waals surface area contributed by atoms with Crippen molar-refractivity contribution >= 4 is 5.84 Å². The van der Waals surface area contributed by atoms with Crippen LogP contribution < -0.4 is 11.1 Å². The number of hydrogen-bond donors (Lipinski definition) is 2. The van der Waals surface area contributed by atoms with Gasteiger partial charge in [-0.25, -0.2) is 4.99 Å². The highest BCUT2D eigenvalue weighted by Gasteiger charge is 1.77. The molecule has 0 aromatic rings. The molecule has 0 aromatic heterocycles. The van der Waals surface area contributed by atoms with Crippen LogP contribution in [0.4, 0.5) is 0 Å². The van der Waals surface area contributed by atoms with Crippen LogP contribution >= 0.6 is 0 Å². The zero-order chi connectivity index (χ0) is 7.82. The molecule has 0 bridgehead atoms. The van der Waals surface area contributed by atoms with E-state index < -0.39 is 0 Å². The minimum atomic E-state index is 0.477. The van der Waals surface area contributed by atoms with E-state index in [9.17, 15) is 0 Å². The number of aliphatic imine (C=N–C) groups is 1. The van der Waals surface area contributed by atoms with Crippen molar-refractivity contribution in [1.29, 1.82) is 0 Å². The summed E-state index contributed by atoms with van der Waals surface area (Å²) in [5.74, 6) is 0.477. The van der Waals surface area contributed by atoms with Crippen molar-refractivity contribution in [2.24, 2.45) is 10.7 Å². The maximum absolute atomic E-state index is 5.39. The third-order valence-electron chi connectivity index (χ3n) is 0.851. The highest BCUT2D eigenvalue weighted by molar-refractivity contribution is 5.91. The van der Waals surface area contributed by atoms with Crippen molar-refractivity contribution in [2.45, 2.75) is 0 Å². The summed E-state index contributed by atoms with van der Waals surface area (Å²) in [4.78, 5) is 3.74.